The van der Waals surface area contributed by atoms with Gasteiger partial charge >= 0.3 is 0 Å². The lowest BCUT2D eigenvalue weighted by Gasteiger charge is -2.28. The second-order valence-electron chi connectivity index (χ2n) is 4.90. The number of likely N-dealkylation sites (tertiary alicyclic amines) is 1. The molecule has 0 aromatic rings. The fourth-order valence-corrected chi connectivity index (χ4v) is 2.84. The molecule has 0 bridgehead atoms. The van der Waals surface area contributed by atoms with E-state index in [9.17, 15) is 4.79 Å². The summed E-state index contributed by atoms with van der Waals surface area (Å²) in [6, 6.07) is 0.542. The maximum absolute atomic E-state index is 12.1. The van der Waals surface area contributed by atoms with Crippen molar-refractivity contribution in [1.29, 1.82) is 0 Å². The molecule has 1 aliphatic heterocycles. The van der Waals surface area contributed by atoms with Gasteiger partial charge in [0.1, 0.15) is 0 Å². The Labute approximate surface area is 110 Å². The third-order valence-electron chi connectivity index (χ3n) is 3.39. The largest absolute Gasteiger partial charge is 0.341 e. The molecule has 0 unspecified atom stereocenters. The van der Waals surface area contributed by atoms with E-state index in [1.165, 1.54) is 12.8 Å². The minimum atomic E-state index is 0.347. The Morgan fingerprint density at radius 2 is 2.18 bits per heavy atom. The summed E-state index contributed by atoms with van der Waals surface area (Å²) in [7, 11) is 4.23. The summed E-state index contributed by atoms with van der Waals surface area (Å²) in [6.45, 7) is 4.02. The van der Waals surface area contributed by atoms with Crippen molar-refractivity contribution in [1.82, 2.24) is 9.80 Å². The molecular weight excluding hydrogens is 232 g/mol. The zero-order valence-electron chi connectivity index (χ0n) is 11.4. The van der Waals surface area contributed by atoms with Gasteiger partial charge in [0.2, 0.25) is 5.91 Å². The van der Waals surface area contributed by atoms with Gasteiger partial charge in [0.05, 0.1) is 0 Å². The predicted octanol–water partition coefficient (Wildman–Crippen LogP) is 2.07. The van der Waals surface area contributed by atoms with Crippen LogP contribution in [0.1, 0.15) is 32.6 Å². The van der Waals surface area contributed by atoms with E-state index in [0.29, 0.717) is 18.4 Å². The highest BCUT2D eigenvalue weighted by Gasteiger charge is 2.22. The van der Waals surface area contributed by atoms with Gasteiger partial charge in [-0.25, -0.2) is 0 Å². The van der Waals surface area contributed by atoms with Crippen LogP contribution in [0, 0.1) is 0 Å². The van der Waals surface area contributed by atoms with Crippen molar-refractivity contribution < 1.29 is 4.79 Å². The zero-order chi connectivity index (χ0) is 12.7. The van der Waals surface area contributed by atoms with Crippen LogP contribution in [-0.2, 0) is 4.79 Å². The average Bonchev–Trinajstić information content (AvgIpc) is 2.54. The molecule has 3 nitrogen and oxygen atoms in total. The summed E-state index contributed by atoms with van der Waals surface area (Å²) in [5.74, 6) is 2.42. The predicted molar refractivity (Wildman–Crippen MR) is 75.5 cm³/mol. The van der Waals surface area contributed by atoms with E-state index in [1.807, 2.05) is 11.8 Å². The number of likely N-dealkylation sites (N-methyl/N-ethyl adjacent to an activating group) is 1. The van der Waals surface area contributed by atoms with Crippen LogP contribution in [0.25, 0.3) is 0 Å². The zero-order valence-corrected chi connectivity index (χ0v) is 12.3. The van der Waals surface area contributed by atoms with Gasteiger partial charge in [-0.05, 0) is 32.7 Å². The maximum Gasteiger partial charge on any atom is 0.223 e. The van der Waals surface area contributed by atoms with E-state index >= 15 is 0 Å². The second-order valence-corrected chi connectivity index (χ2v) is 6.29. The van der Waals surface area contributed by atoms with E-state index < -0.39 is 0 Å². The third-order valence-corrected chi connectivity index (χ3v) is 4.29. The van der Waals surface area contributed by atoms with E-state index in [2.05, 4.69) is 30.8 Å². The Hall–Kier alpha value is -0.220. The molecule has 4 heteroatoms. The molecule has 0 spiro atoms. The highest BCUT2D eigenvalue weighted by Crippen LogP contribution is 2.15. The summed E-state index contributed by atoms with van der Waals surface area (Å²) in [4.78, 5) is 16.4. The number of carbonyl (C=O) groups excluding carboxylic acids is 1. The number of carbonyl (C=O) groups is 1. The molecule has 1 atom stereocenters. The Kier molecular flexibility index (Phi) is 6.97. The topological polar surface area (TPSA) is 23.6 Å². The summed E-state index contributed by atoms with van der Waals surface area (Å²) >= 11 is 1.85. The Balaban J connectivity index is 2.41. The van der Waals surface area contributed by atoms with Gasteiger partial charge in [0, 0.05) is 31.3 Å². The summed E-state index contributed by atoms with van der Waals surface area (Å²) in [5.41, 5.74) is 0. The van der Waals surface area contributed by atoms with Crippen LogP contribution in [-0.4, -0.2) is 60.4 Å². The number of hydrogen-bond donors (Lipinski definition) is 0. The van der Waals surface area contributed by atoms with Crippen LogP contribution in [0.5, 0.6) is 0 Å². The first-order valence-corrected chi connectivity index (χ1v) is 7.82. The standard InChI is InChI=1S/C13H26N2OS/c1-4-17-10-8-13(16)15-9-6-5-7-12(11-15)14(2)3/h12H,4-11H2,1-3H3/t12-/m0/s1. The van der Waals surface area contributed by atoms with Crippen LogP contribution in [0.4, 0.5) is 0 Å². The minimum Gasteiger partial charge on any atom is -0.341 e. The molecule has 1 fully saturated rings. The minimum absolute atomic E-state index is 0.347. The molecular formula is C13H26N2OS. The van der Waals surface area contributed by atoms with Gasteiger partial charge in [-0.3, -0.25) is 4.79 Å². The molecule has 0 radical (unpaired) electrons. The molecule has 1 saturated heterocycles. The smallest absolute Gasteiger partial charge is 0.223 e. The molecule has 1 rings (SSSR count). The molecule has 17 heavy (non-hydrogen) atoms. The summed E-state index contributed by atoms with van der Waals surface area (Å²) in [5, 5.41) is 0. The SMILES string of the molecule is CCSCCC(=O)N1CCCC[C@H](N(C)C)C1. The lowest BCUT2D eigenvalue weighted by molar-refractivity contribution is -0.131. The van der Waals surface area contributed by atoms with Crippen molar-refractivity contribution in [3.05, 3.63) is 0 Å². The number of nitrogens with zero attached hydrogens (tertiary/aromatic N) is 2. The summed E-state index contributed by atoms with van der Waals surface area (Å²) < 4.78 is 0. The first-order valence-electron chi connectivity index (χ1n) is 6.67. The van der Waals surface area contributed by atoms with Gasteiger partial charge in [-0.1, -0.05) is 13.3 Å². The number of rotatable bonds is 5. The normalized spacial score (nSPS) is 21.6. The molecule has 0 saturated carbocycles. The molecule has 0 aromatic carbocycles. The highest BCUT2D eigenvalue weighted by atomic mass is 32.2. The van der Waals surface area contributed by atoms with Crippen molar-refractivity contribution in [2.45, 2.75) is 38.6 Å². The molecule has 1 heterocycles. The van der Waals surface area contributed by atoms with Gasteiger partial charge in [0.15, 0.2) is 0 Å². The van der Waals surface area contributed by atoms with Crippen molar-refractivity contribution in [2.75, 3.05) is 38.7 Å². The molecule has 0 N–H and O–H groups in total. The van der Waals surface area contributed by atoms with E-state index in [0.717, 1.165) is 31.0 Å². The van der Waals surface area contributed by atoms with Crippen molar-refractivity contribution in [2.24, 2.45) is 0 Å². The van der Waals surface area contributed by atoms with Crippen LogP contribution >= 0.6 is 11.8 Å². The van der Waals surface area contributed by atoms with Crippen molar-refractivity contribution in [3.8, 4) is 0 Å². The van der Waals surface area contributed by atoms with E-state index in [4.69, 9.17) is 0 Å². The molecule has 0 aromatic heterocycles. The highest BCUT2D eigenvalue weighted by molar-refractivity contribution is 7.99. The Bertz CT molecular complexity index is 233. The van der Waals surface area contributed by atoms with Crippen molar-refractivity contribution >= 4 is 17.7 Å². The molecule has 1 aliphatic rings. The van der Waals surface area contributed by atoms with E-state index in [-0.39, 0.29) is 0 Å². The number of hydrogen-bond acceptors (Lipinski definition) is 3. The van der Waals surface area contributed by atoms with Crippen molar-refractivity contribution in [3.63, 3.8) is 0 Å². The fourth-order valence-electron chi connectivity index (χ4n) is 2.23. The second kappa shape index (κ2) is 7.98. The van der Waals surface area contributed by atoms with Crippen LogP contribution in [0.3, 0.4) is 0 Å². The van der Waals surface area contributed by atoms with Gasteiger partial charge in [-0.15, -0.1) is 0 Å². The number of amides is 1. The first-order chi connectivity index (χ1) is 8.15. The van der Waals surface area contributed by atoms with E-state index in [1.54, 1.807) is 0 Å². The van der Waals surface area contributed by atoms with Crippen LogP contribution < -0.4 is 0 Å². The third kappa shape index (κ3) is 5.30. The number of thioether (sulfide) groups is 1. The van der Waals surface area contributed by atoms with Crippen LogP contribution in [0.15, 0.2) is 0 Å². The lowest BCUT2D eigenvalue weighted by Crippen LogP contribution is -2.42. The fraction of sp³-hybridized carbons (Fsp3) is 0.923. The molecule has 100 valence electrons. The Morgan fingerprint density at radius 3 is 2.82 bits per heavy atom. The molecule has 0 aliphatic carbocycles. The lowest BCUT2D eigenvalue weighted by atomic mass is 10.1. The van der Waals surface area contributed by atoms with Gasteiger partial charge < -0.3 is 9.80 Å². The molecule has 1 amide bonds. The van der Waals surface area contributed by atoms with Gasteiger partial charge in [0.25, 0.3) is 0 Å². The monoisotopic (exact) mass is 258 g/mol. The van der Waals surface area contributed by atoms with Crippen LogP contribution in [0.2, 0.25) is 0 Å². The average molecular weight is 258 g/mol. The van der Waals surface area contributed by atoms with Gasteiger partial charge in [-0.2, -0.15) is 11.8 Å². The summed E-state index contributed by atoms with van der Waals surface area (Å²) in [6.07, 6.45) is 4.34. The maximum atomic E-state index is 12.1. The first kappa shape index (κ1) is 14.8. The quantitative estimate of drug-likeness (QED) is 0.705. The Morgan fingerprint density at radius 1 is 1.41 bits per heavy atom.